The van der Waals surface area contributed by atoms with Gasteiger partial charge in [-0.25, -0.2) is 4.39 Å². The summed E-state index contributed by atoms with van der Waals surface area (Å²) in [6.07, 6.45) is 0.842. The van der Waals surface area contributed by atoms with Crippen molar-refractivity contribution in [1.29, 1.82) is 0 Å². The molecular weight excluding hydrogens is 379 g/mol. The van der Waals surface area contributed by atoms with Crippen LogP contribution in [-0.4, -0.2) is 19.1 Å². The van der Waals surface area contributed by atoms with Gasteiger partial charge >= 0.3 is 0 Å². The minimum absolute atomic E-state index is 0. The van der Waals surface area contributed by atoms with Gasteiger partial charge in [0.1, 0.15) is 17.6 Å². The lowest BCUT2D eigenvalue weighted by Gasteiger charge is -2.27. The van der Waals surface area contributed by atoms with Crippen LogP contribution in [0.5, 0.6) is 5.75 Å². The first-order chi connectivity index (χ1) is 12.8. The lowest BCUT2D eigenvalue weighted by molar-refractivity contribution is -0.118. The topological polar surface area (TPSA) is 50.4 Å². The molecule has 3 rings (SSSR count). The van der Waals surface area contributed by atoms with E-state index in [1.807, 2.05) is 45.9 Å². The molecule has 1 aliphatic heterocycles. The molecule has 0 spiro atoms. The van der Waals surface area contributed by atoms with Gasteiger partial charge in [-0.05, 0) is 59.7 Å². The Kier molecular flexibility index (Phi) is 7.07. The molecule has 0 aliphatic carbocycles. The number of amides is 1. The van der Waals surface area contributed by atoms with Crippen LogP contribution in [0.1, 0.15) is 50.4 Å². The average molecular weight is 407 g/mol. The maximum absolute atomic E-state index is 14.4. The van der Waals surface area contributed by atoms with E-state index in [9.17, 15) is 9.18 Å². The summed E-state index contributed by atoms with van der Waals surface area (Å²) in [6, 6.07) is 10.2. The Morgan fingerprint density at radius 3 is 2.64 bits per heavy atom. The predicted octanol–water partition coefficient (Wildman–Crippen LogP) is 4.77. The molecule has 28 heavy (non-hydrogen) atoms. The summed E-state index contributed by atoms with van der Waals surface area (Å²) < 4.78 is 20.0. The summed E-state index contributed by atoms with van der Waals surface area (Å²) in [5, 5.41) is 6.09. The van der Waals surface area contributed by atoms with Gasteiger partial charge in [0.2, 0.25) is 5.91 Å². The smallest absolute Gasteiger partial charge is 0.246 e. The van der Waals surface area contributed by atoms with E-state index in [-0.39, 0.29) is 29.5 Å². The van der Waals surface area contributed by atoms with Crippen LogP contribution in [0.4, 0.5) is 10.1 Å². The number of rotatable bonds is 4. The van der Waals surface area contributed by atoms with Gasteiger partial charge in [0, 0.05) is 12.2 Å². The van der Waals surface area contributed by atoms with Crippen LogP contribution >= 0.6 is 12.4 Å². The monoisotopic (exact) mass is 406 g/mol. The van der Waals surface area contributed by atoms with E-state index in [0.717, 1.165) is 23.3 Å². The summed E-state index contributed by atoms with van der Waals surface area (Å²) in [7, 11) is 0. The van der Waals surface area contributed by atoms with Crippen molar-refractivity contribution in [2.75, 3.05) is 18.5 Å². The summed E-state index contributed by atoms with van der Waals surface area (Å²) in [5.41, 5.74) is 2.85. The Labute approximate surface area is 172 Å². The third-order valence-electron chi connectivity index (χ3n) is 4.79. The van der Waals surface area contributed by atoms with Crippen LogP contribution in [0, 0.1) is 5.82 Å². The fourth-order valence-electron chi connectivity index (χ4n) is 3.45. The largest absolute Gasteiger partial charge is 0.494 e. The van der Waals surface area contributed by atoms with Crippen molar-refractivity contribution < 1.29 is 13.9 Å². The summed E-state index contributed by atoms with van der Waals surface area (Å²) in [5.74, 6) is 0.318. The van der Waals surface area contributed by atoms with Crippen LogP contribution in [0.2, 0.25) is 0 Å². The van der Waals surface area contributed by atoms with Crippen LogP contribution in [-0.2, 0) is 16.6 Å². The van der Waals surface area contributed by atoms with Gasteiger partial charge in [0.25, 0.3) is 0 Å². The lowest BCUT2D eigenvalue weighted by atomic mass is 9.86. The molecule has 1 unspecified atom stereocenters. The molecule has 0 radical (unpaired) electrons. The van der Waals surface area contributed by atoms with E-state index >= 15 is 0 Å². The lowest BCUT2D eigenvalue weighted by Crippen LogP contribution is -2.38. The van der Waals surface area contributed by atoms with Gasteiger partial charge in [-0.1, -0.05) is 32.9 Å². The molecule has 2 aromatic rings. The van der Waals surface area contributed by atoms with Crippen molar-refractivity contribution in [2.45, 2.75) is 45.6 Å². The van der Waals surface area contributed by atoms with Gasteiger partial charge in [0.05, 0.1) is 6.61 Å². The first kappa shape index (κ1) is 22.2. The highest BCUT2D eigenvalue weighted by atomic mass is 35.5. The number of ether oxygens (including phenoxy) is 1. The van der Waals surface area contributed by atoms with E-state index in [2.05, 4.69) is 10.6 Å². The molecule has 2 aromatic carbocycles. The normalized spacial score (nSPS) is 16.0. The van der Waals surface area contributed by atoms with Crippen LogP contribution in [0.3, 0.4) is 0 Å². The van der Waals surface area contributed by atoms with E-state index in [0.29, 0.717) is 24.4 Å². The number of halogens is 2. The number of anilines is 1. The standard InChI is InChI=1S/C22H27FN2O2.ClH/c1-5-27-16-7-8-17-14(12-16)10-11-24-20(17)21(26)25-15-6-9-18(19(23)13-15)22(2,3)4;/h6-9,12-13,20,24H,5,10-11H2,1-4H3,(H,25,26);1H. The number of hydrogen-bond donors (Lipinski definition) is 2. The third-order valence-corrected chi connectivity index (χ3v) is 4.79. The minimum atomic E-state index is -0.463. The molecule has 152 valence electrons. The molecule has 2 N–H and O–H groups in total. The Balaban J connectivity index is 0.00000280. The average Bonchev–Trinajstić information content (AvgIpc) is 2.60. The maximum Gasteiger partial charge on any atom is 0.246 e. The highest BCUT2D eigenvalue weighted by Crippen LogP contribution is 2.29. The number of carbonyl (C=O) groups excluding carboxylic acids is 1. The number of hydrogen-bond acceptors (Lipinski definition) is 3. The Bertz CT molecular complexity index is 849. The van der Waals surface area contributed by atoms with Crippen molar-refractivity contribution in [3.8, 4) is 5.75 Å². The molecule has 1 amide bonds. The quantitative estimate of drug-likeness (QED) is 0.768. The number of benzene rings is 2. The SMILES string of the molecule is CCOc1ccc2c(c1)CCNC2C(=O)Nc1ccc(C(C)(C)C)c(F)c1.Cl. The molecule has 6 heteroatoms. The highest BCUT2D eigenvalue weighted by Gasteiger charge is 2.27. The molecule has 1 aliphatic rings. The summed E-state index contributed by atoms with van der Waals surface area (Å²) in [4.78, 5) is 12.8. The van der Waals surface area contributed by atoms with Gasteiger partial charge in [0.15, 0.2) is 0 Å². The van der Waals surface area contributed by atoms with Gasteiger partial charge in [-0.15, -0.1) is 12.4 Å². The maximum atomic E-state index is 14.4. The van der Waals surface area contributed by atoms with Crippen molar-refractivity contribution >= 4 is 24.0 Å². The Morgan fingerprint density at radius 2 is 2.00 bits per heavy atom. The van der Waals surface area contributed by atoms with Crippen LogP contribution < -0.4 is 15.4 Å². The molecule has 0 saturated carbocycles. The molecule has 0 aromatic heterocycles. The van der Waals surface area contributed by atoms with Crippen molar-refractivity contribution in [3.63, 3.8) is 0 Å². The second-order valence-electron chi connectivity index (χ2n) is 7.86. The van der Waals surface area contributed by atoms with Gasteiger partial charge in [-0.3, -0.25) is 4.79 Å². The molecule has 1 atom stereocenters. The Hall–Kier alpha value is -2.11. The van der Waals surface area contributed by atoms with Crippen LogP contribution in [0.25, 0.3) is 0 Å². The second-order valence-corrected chi connectivity index (χ2v) is 7.86. The van der Waals surface area contributed by atoms with Gasteiger partial charge in [-0.2, -0.15) is 0 Å². The van der Waals surface area contributed by atoms with E-state index in [1.54, 1.807) is 12.1 Å². The predicted molar refractivity (Wildman–Crippen MR) is 113 cm³/mol. The van der Waals surface area contributed by atoms with Crippen molar-refractivity contribution in [3.05, 3.63) is 58.9 Å². The van der Waals surface area contributed by atoms with Crippen molar-refractivity contribution in [2.24, 2.45) is 0 Å². The fraction of sp³-hybridized carbons (Fsp3) is 0.409. The zero-order valence-electron chi connectivity index (χ0n) is 16.8. The second kappa shape index (κ2) is 8.93. The summed E-state index contributed by atoms with van der Waals surface area (Å²) in [6.45, 7) is 9.14. The minimum Gasteiger partial charge on any atom is -0.494 e. The van der Waals surface area contributed by atoms with Gasteiger partial charge < -0.3 is 15.4 Å². The molecule has 0 saturated heterocycles. The van der Waals surface area contributed by atoms with Crippen LogP contribution in [0.15, 0.2) is 36.4 Å². The summed E-state index contributed by atoms with van der Waals surface area (Å²) >= 11 is 0. The first-order valence-corrected chi connectivity index (χ1v) is 9.39. The zero-order valence-corrected chi connectivity index (χ0v) is 17.6. The third kappa shape index (κ3) is 4.83. The number of fused-ring (bicyclic) bond motifs is 1. The number of nitrogens with one attached hydrogen (secondary N) is 2. The highest BCUT2D eigenvalue weighted by molar-refractivity contribution is 5.96. The molecule has 4 nitrogen and oxygen atoms in total. The molecule has 1 heterocycles. The number of carbonyl (C=O) groups is 1. The fourth-order valence-corrected chi connectivity index (χ4v) is 3.45. The van der Waals surface area contributed by atoms with E-state index in [4.69, 9.17) is 4.74 Å². The Morgan fingerprint density at radius 1 is 1.25 bits per heavy atom. The molecule has 0 bridgehead atoms. The van der Waals surface area contributed by atoms with E-state index in [1.165, 1.54) is 6.07 Å². The van der Waals surface area contributed by atoms with Crippen molar-refractivity contribution in [1.82, 2.24) is 5.32 Å². The molecule has 0 fully saturated rings. The first-order valence-electron chi connectivity index (χ1n) is 9.39. The van der Waals surface area contributed by atoms with E-state index < -0.39 is 6.04 Å². The zero-order chi connectivity index (χ0) is 19.6. The molecular formula is C22H28ClFN2O2.